The minimum atomic E-state index is -3.73. The third kappa shape index (κ3) is 3.47. The Bertz CT molecular complexity index is 571. The first-order valence-corrected chi connectivity index (χ1v) is 8.03. The fourth-order valence-electron chi connectivity index (χ4n) is 2.30. The lowest BCUT2D eigenvalue weighted by Crippen LogP contribution is -2.40. The molecule has 1 aromatic carbocycles. The van der Waals surface area contributed by atoms with Crippen LogP contribution >= 0.6 is 0 Å². The van der Waals surface area contributed by atoms with Crippen LogP contribution in [0.2, 0.25) is 0 Å². The maximum Gasteiger partial charge on any atom is 0.240 e. The van der Waals surface area contributed by atoms with E-state index in [9.17, 15) is 12.8 Å². The highest BCUT2D eigenvalue weighted by Gasteiger charge is 2.25. The number of sulfonamides is 1. The van der Waals surface area contributed by atoms with Gasteiger partial charge in [0, 0.05) is 19.3 Å². The largest absolute Gasteiger partial charge is 0.396 e. The van der Waals surface area contributed by atoms with Crippen LogP contribution in [0.1, 0.15) is 19.8 Å². The molecule has 1 aliphatic heterocycles. The van der Waals surface area contributed by atoms with Gasteiger partial charge in [-0.2, -0.15) is 0 Å². The highest BCUT2D eigenvalue weighted by atomic mass is 32.2. The summed E-state index contributed by atoms with van der Waals surface area (Å²) in [4.78, 5) is -0.108. The van der Waals surface area contributed by atoms with Gasteiger partial charge in [-0.3, -0.25) is 0 Å². The first kappa shape index (κ1) is 15.2. The number of nitrogens with two attached hydrogens (primary N) is 1. The van der Waals surface area contributed by atoms with Crippen molar-refractivity contribution in [2.75, 3.05) is 18.9 Å². The summed E-state index contributed by atoms with van der Waals surface area (Å²) in [6.07, 6.45) is 1.64. The standard InChI is InChI=1S/C13H19FN2O3S/c1-9(10-4-6-19-7-5-10)16-20(17,18)11-2-3-13(15)12(14)8-11/h2-3,8-10,16H,4-7,15H2,1H3. The predicted molar refractivity (Wildman–Crippen MR) is 74.1 cm³/mol. The van der Waals surface area contributed by atoms with Crippen molar-refractivity contribution < 1.29 is 17.5 Å². The normalized spacial score (nSPS) is 18.9. The lowest BCUT2D eigenvalue weighted by molar-refractivity contribution is 0.0585. The van der Waals surface area contributed by atoms with Crippen molar-refractivity contribution in [3.05, 3.63) is 24.0 Å². The molecule has 1 unspecified atom stereocenters. The maximum atomic E-state index is 13.4. The van der Waals surface area contributed by atoms with Gasteiger partial charge in [0.05, 0.1) is 10.6 Å². The Balaban J connectivity index is 2.11. The van der Waals surface area contributed by atoms with Crippen LogP contribution in [0.15, 0.2) is 23.1 Å². The van der Waals surface area contributed by atoms with Gasteiger partial charge in [-0.1, -0.05) is 0 Å². The lowest BCUT2D eigenvalue weighted by atomic mass is 9.94. The molecule has 1 fully saturated rings. The molecule has 0 saturated carbocycles. The number of anilines is 1. The summed E-state index contributed by atoms with van der Waals surface area (Å²) in [5.41, 5.74) is 5.28. The molecule has 3 N–H and O–H groups in total. The van der Waals surface area contributed by atoms with E-state index in [1.807, 2.05) is 6.92 Å². The quantitative estimate of drug-likeness (QED) is 0.826. The Hall–Kier alpha value is -1.18. The molecule has 5 nitrogen and oxygen atoms in total. The van der Waals surface area contributed by atoms with E-state index in [1.54, 1.807) is 0 Å². The molecule has 0 spiro atoms. The summed E-state index contributed by atoms with van der Waals surface area (Å²) in [6.45, 7) is 3.11. The van der Waals surface area contributed by atoms with Crippen molar-refractivity contribution in [3.63, 3.8) is 0 Å². The van der Waals surface area contributed by atoms with E-state index in [4.69, 9.17) is 10.5 Å². The highest BCUT2D eigenvalue weighted by molar-refractivity contribution is 7.89. The summed E-state index contributed by atoms with van der Waals surface area (Å²) in [5, 5.41) is 0. The van der Waals surface area contributed by atoms with Crippen LogP contribution in [-0.4, -0.2) is 27.7 Å². The van der Waals surface area contributed by atoms with E-state index in [0.717, 1.165) is 18.9 Å². The van der Waals surface area contributed by atoms with E-state index in [0.29, 0.717) is 13.2 Å². The van der Waals surface area contributed by atoms with Crippen molar-refractivity contribution in [2.24, 2.45) is 5.92 Å². The van der Waals surface area contributed by atoms with Gasteiger partial charge in [-0.25, -0.2) is 17.5 Å². The van der Waals surface area contributed by atoms with Gasteiger partial charge in [-0.05, 0) is 43.9 Å². The van der Waals surface area contributed by atoms with Crippen LogP contribution in [0.25, 0.3) is 0 Å². The fourth-order valence-corrected chi connectivity index (χ4v) is 3.62. The van der Waals surface area contributed by atoms with Crippen LogP contribution < -0.4 is 10.5 Å². The number of hydrogen-bond donors (Lipinski definition) is 2. The molecule has 0 aromatic heterocycles. The van der Waals surface area contributed by atoms with Gasteiger partial charge in [0.1, 0.15) is 5.82 Å². The number of ether oxygens (including phenoxy) is 1. The minimum Gasteiger partial charge on any atom is -0.396 e. The fraction of sp³-hybridized carbons (Fsp3) is 0.538. The zero-order valence-corrected chi connectivity index (χ0v) is 12.1. The van der Waals surface area contributed by atoms with Crippen LogP contribution in [0.3, 0.4) is 0 Å². The van der Waals surface area contributed by atoms with Gasteiger partial charge in [0.15, 0.2) is 0 Å². The van der Waals surface area contributed by atoms with Crippen molar-refractivity contribution in [1.29, 1.82) is 0 Å². The second-order valence-electron chi connectivity index (χ2n) is 5.04. The molecule has 20 heavy (non-hydrogen) atoms. The zero-order chi connectivity index (χ0) is 14.8. The third-order valence-corrected chi connectivity index (χ3v) is 5.15. The van der Waals surface area contributed by atoms with Gasteiger partial charge in [0.25, 0.3) is 0 Å². The van der Waals surface area contributed by atoms with Crippen molar-refractivity contribution >= 4 is 15.7 Å². The third-order valence-electron chi connectivity index (χ3n) is 3.60. The number of hydrogen-bond acceptors (Lipinski definition) is 4. The van der Waals surface area contributed by atoms with Crippen LogP contribution in [0.5, 0.6) is 0 Å². The average Bonchev–Trinajstić information content (AvgIpc) is 2.42. The summed E-state index contributed by atoms with van der Waals surface area (Å²) in [7, 11) is -3.73. The minimum absolute atomic E-state index is 0.0681. The molecule has 0 radical (unpaired) electrons. The number of benzene rings is 1. The smallest absolute Gasteiger partial charge is 0.240 e. The molecule has 1 aliphatic rings. The second kappa shape index (κ2) is 6.07. The molecule has 2 rings (SSSR count). The first-order valence-electron chi connectivity index (χ1n) is 6.55. The van der Waals surface area contributed by atoms with E-state index in [1.165, 1.54) is 12.1 Å². The maximum absolute atomic E-state index is 13.4. The Kier molecular flexibility index (Phi) is 4.62. The van der Waals surface area contributed by atoms with E-state index < -0.39 is 15.8 Å². The average molecular weight is 302 g/mol. The molecule has 0 bridgehead atoms. The molecule has 0 aliphatic carbocycles. The Morgan fingerprint density at radius 1 is 1.40 bits per heavy atom. The molecule has 1 heterocycles. The zero-order valence-electron chi connectivity index (χ0n) is 11.3. The summed E-state index contributed by atoms with van der Waals surface area (Å²) in [5.74, 6) is -0.497. The van der Waals surface area contributed by atoms with E-state index in [2.05, 4.69) is 4.72 Å². The number of nitrogens with one attached hydrogen (secondary N) is 1. The van der Waals surface area contributed by atoms with Crippen LogP contribution in [0, 0.1) is 11.7 Å². The van der Waals surface area contributed by atoms with E-state index >= 15 is 0 Å². The van der Waals surface area contributed by atoms with Gasteiger partial charge in [-0.15, -0.1) is 0 Å². The van der Waals surface area contributed by atoms with E-state index in [-0.39, 0.29) is 22.5 Å². The van der Waals surface area contributed by atoms with Crippen molar-refractivity contribution in [2.45, 2.75) is 30.7 Å². The molecule has 0 amide bonds. The topological polar surface area (TPSA) is 81.4 Å². The number of nitrogen functional groups attached to an aromatic ring is 1. The van der Waals surface area contributed by atoms with Crippen LogP contribution in [-0.2, 0) is 14.8 Å². The summed E-state index contributed by atoms with van der Waals surface area (Å²) < 4.78 is 45.6. The molecule has 1 saturated heterocycles. The lowest BCUT2D eigenvalue weighted by Gasteiger charge is -2.28. The van der Waals surface area contributed by atoms with Crippen molar-refractivity contribution in [3.8, 4) is 0 Å². The summed E-state index contributed by atoms with van der Waals surface area (Å²) >= 11 is 0. The van der Waals surface area contributed by atoms with Gasteiger partial charge < -0.3 is 10.5 Å². The highest BCUT2D eigenvalue weighted by Crippen LogP contribution is 2.21. The Labute approximate surface area is 118 Å². The summed E-state index contributed by atoms with van der Waals surface area (Å²) in [6, 6.07) is 3.28. The number of halogens is 1. The molecule has 1 atom stereocenters. The molecule has 112 valence electrons. The van der Waals surface area contributed by atoms with Crippen LogP contribution in [0.4, 0.5) is 10.1 Å². The van der Waals surface area contributed by atoms with Crippen molar-refractivity contribution in [1.82, 2.24) is 4.72 Å². The molecular formula is C13H19FN2O3S. The Morgan fingerprint density at radius 3 is 2.65 bits per heavy atom. The molecule has 1 aromatic rings. The predicted octanol–water partition coefficient (Wildman–Crippen LogP) is 1.50. The first-order chi connectivity index (χ1) is 9.40. The monoisotopic (exact) mass is 302 g/mol. The molecule has 7 heteroatoms. The second-order valence-corrected chi connectivity index (χ2v) is 6.76. The SMILES string of the molecule is CC(NS(=O)(=O)c1ccc(N)c(F)c1)C1CCOCC1. The number of rotatable bonds is 4. The molecular weight excluding hydrogens is 283 g/mol. The van der Waals surface area contributed by atoms with Gasteiger partial charge >= 0.3 is 0 Å². The Morgan fingerprint density at radius 2 is 2.05 bits per heavy atom. The van der Waals surface area contributed by atoms with Gasteiger partial charge in [0.2, 0.25) is 10.0 Å².